The Morgan fingerprint density at radius 3 is 2.52 bits per heavy atom. The van der Waals surface area contributed by atoms with Gasteiger partial charge in [0, 0.05) is 12.1 Å². The molecule has 0 bridgehead atoms. The van der Waals surface area contributed by atoms with Crippen LogP contribution in [0.25, 0.3) is 0 Å². The molecule has 1 aliphatic carbocycles. The first-order valence-electron chi connectivity index (χ1n) is 8.57. The van der Waals surface area contributed by atoms with Gasteiger partial charge in [0.25, 0.3) is 0 Å². The first-order valence-corrected chi connectivity index (χ1v) is 8.57. The molecule has 3 nitrogen and oxygen atoms in total. The van der Waals surface area contributed by atoms with Gasteiger partial charge in [-0.2, -0.15) is 0 Å². The summed E-state index contributed by atoms with van der Waals surface area (Å²) in [7, 11) is 0. The molecular weight excluding hydrogens is 262 g/mol. The van der Waals surface area contributed by atoms with Crippen LogP contribution in [0.2, 0.25) is 0 Å². The third-order valence-electron chi connectivity index (χ3n) is 4.61. The topological polar surface area (TPSA) is 30.5 Å². The standard InChI is InChI=1S/C18H33NO2/c1-14-7-5-6-8-15(14)12-20-13-17-10-9-16(21-17)11-19-18(2,3)4/h5-6,14-17,19H,7-13H2,1-4H3. The van der Waals surface area contributed by atoms with Crippen molar-refractivity contribution in [2.45, 2.75) is 71.1 Å². The van der Waals surface area contributed by atoms with Crippen molar-refractivity contribution in [1.82, 2.24) is 5.32 Å². The molecular formula is C18H33NO2. The summed E-state index contributed by atoms with van der Waals surface area (Å²) in [6.45, 7) is 11.5. The second-order valence-electron chi connectivity index (χ2n) is 7.81. The monoisotopic (exact) mass is 295 g/mol. The van der Waals surface area contributed by atoms with Gasteiger partial charge in [-0.15, -0.1) is 0 Å². The van der Waals surface area contributed by atoms with Crippen molar-refractivity contribution in [3.8, 4) is 0 Å². The Bertz CT molecular complexity index is 335. The van der Waals surface area contributed by atoms with Crippen molar-refractivity contribution in [3.05, 3.63) is 12.2 Å². The van der Waals surface area contributed by atoms with E-state index in [-0.39, 0.29) is 5.54 Å². The number of hydrogen-bond donors (Lipinski definition) is 1. The molecule has 0 saturated carbocycles. The van der Waals surface area contributed by atoms with Gasteiger partial charge >= 0.3 is 0 Å². The highest BCUT2D eigenvalue weighted by atomic mass is 16.5. The average Bonchev–Trinajstić information content (AvgIpc) is 2.86. The van der Waals surface area contributed by atoms with Gasteiger partial charge in [-0.05, 0) is 58.3 Å². The van der Waals surface area contributed by atoms with E-state index in [9.17, 15) is 0 Å². The lowest BCUT2D eigenvalue weighted by atomic mass is 9.85. The normalized spacial score (nSPS) is 33.5. The van der Waals surface area contributed by atoms with Crippen LogP contribution in [-0.2, 0) is 9.47 Å². The third kappa shape index (κ3) is 6.09. The highest BCUT2D eigenvalue weighted by molar-refractivity contribution is 4.93. The van der Waals surface area contributed by atoms with E-state index >= 15 is 0 Å². The summed E-state index contributed by atoms with van der Waals surface area (Å²) in [4.78, 5) is 0. The number of nitrogens with one attached hydrogen (secondary N) is 1. The Morgan fingerprint density at radius 2 is 1.81 bits per heavy atom. The highest BCUT2D eigenvalue weighted by Gasteiger charge is 2.27. The van der Waals surface area contributed by atoms with E-state index in [4.69, 9.17) is 9.47 Å². The van der Waals surface area contributed by atoms with Crippen molar-refractivity contribution in [3.63, 3.8) is 0 Å². The molecule has 21 heavy (non-hydrogen) atoms. The molecule has 1 N–H and O–H groups in total. The summed E-state index contributed by atoms with van der Waals surface area (Å²) in [5, 5.41) is 3.52. The van der Waals surface area contributed by atoms with E-state index in [1.165, 1.54) is 12.8 Å². The van der Waals surface area contributed by atoms with Gasteiger partial charge in [0.1, 0.15) is 0 Å². The van der Waals surface area contributed by atoms with Gasteiger partial charge in [-0.3, -0.25) is 0 Å². The maximum absolute atomic E-state index is 6.07. The van der Waals surface area contributed by atoms with Crippen molar-refractivity contribution in [2.24, 2.45) is 11.8 Å². The van der Waals surface area contributed by atoms with Crippen molar-refractivity contribution < 1.29 is 9.47 Å². The van der Waals surface area contributed by atoms with Gasteiger partial charge in [0.05, 0.1) is 25.4 Å². The summed E-state index contributed by atoms with van der Waals surface area (Å²) in [6.07, 6.45) is 9.92. The Labute approximate surface area is 130 Å². The molecule has 0 amide bonds. The maximum Gasteiger partial charge on any atom is 0.0813 e. The van der Waals surface area contributed by atoms with Gasteiger partial charge in [0.15, 0.2) is 0 Å². The Morgan fingerprint density at radius 1 is 1.10 bits per heavy atom. The van der Waals surface area contributed by atoms with Crippen LogP contribution >= 0.6 is 0 Å². The molecule has 2 rings (SSSR count). The summed E-state index contributed by atoms with van der Waals surface area (Å²) in [6, 6.07) is 0. The Balaban J connectivity index is 1.59. The summed E-state index contributed by atoms with van der Waals surface area (Å²) >= 11 is 0. The van der Waals surface area contributed by atoms with Crippen molar-refractivity contribution >= 4 is 0 Å². The molecule has 3 heteroatoms. The lowest BCUT2D eigenvalue weighted by Gasteiger charge is -2.26. The molecule has 4 unspecified atom stereocenters. The zero-order chi connectivity index (χ0) is 15.3. The zero-order valence-corrected chi connectivity index (χ0v) is 14.2. The quantitative estimate of drug-likeness (QED) is 0.760. The van der Waals surface area contributed by atoms with Crippen LogP contribution in [0.15, 0.2) is 12.2 Å². The fourth-order valence-corrected chi connectivity index (χ4v) is 3.06. The summed E-state index contributed by atoms with van der Waals surface area (Å²) < 4.78 is 12.0. The predicted octanol–water partition coefficient (Wildman–Crippen LogP) is 3.54. The number of allylic oxidation sites excluding steroid dienone is 2. The Kier molecular flexibility index (Phi) is 6.27. The average molecular weight is 295 g/mol. The maximum atomic E-state index is 6.07. The van der Waals surface area contributed by atoms with Gasteiger partial charge < -0.3 is 14.8 Å². The van der Waals surface area contributed by atoms with Crippen LogP contribution in [0.5, 0.6) is 0 Å². The van der Waals surface area contributed by atoms with Gasteiger partial charge in [0.2, 0.25) is 0 Å². The minimum absolute atomic E-state index is 0.169. The molecule has 0 spiro atoms. The van der Waals surface area contributed by atoms with E-state index in [0.717, 1.165) is 38.5 Å². The van der Waals surface area contributed by atoms with Crippen molar-refractivity contribution in [2.75, 3.05) is 19.8 Å². The molecule has 1 aliphatic heterocycles. The first-order chi connectivity index (χ1) is 9.94. The van der Waals surface area contributed by atoms with Crippen LogP contribution in [0.1, 0.15) is 53.4 Å². The minimum atomic E-state index is 0.169. The van der Waals surface area contributed by atoms with E-state index in [1.54, 1.807) is 0 Å². The molecule has 0 radical (unpaired) electrons. The molecule has 2 aliphatic rings. The summed E-state index contributed by atoms with van der Waals surface area (Å²) in [5.74, 6) is 1.44. The van der Waals surface area contributed by atoms with Crippen LogP contribution in [0.3, 0.4) is 0 Å². The summed E-state index contributed by atoms with van der Waals surface area (Å²) in [5.41, 5.74) is 0.169. The highest BCUT2D eigenvalue weighted by Crippen LogP contribution is 2.26. The first kappa shape index (κ1) is 17.0. The van der Waals surface area contributed by atoms with Gasteiger partial charge in [-0.1, -0.05) is 19.1 Å². The molecule has 1 heterocycles. The van der Waals surface area contributed by atoms with E-state index < -0.39 is 0 Å². The second-order valence-corrected chi connectivity index (χ2v) is 7.81. The van der Waals surface area contributed by atoms with Crippen molar-refractivity contribution in [1.29, 1.82) is 0 Å². The Hall–Kier alpha value is -0.380. The minimum Gasteiger partial charge on any atom is -0.378 e. The SMILES string of the molecule is CC1CC=CCC1COCC1CCC(CNC(C)(C)C)O1. The molecule has 122 valence electrons. The number of rotatable bonds is 6. The van der Waals surface area contributed by atoms with Crippen LogP contribution in [0.4, 0.5) is 0 Å². The molecule has 1 fully saturated rings. The fourth-order valence-electron chi connectivity index (χ4n) is 3.06. The molecule has 4 atom stereocenters. The molecule has 0 aromatic heterocycles. The molecule has 1 saturated heterocycles. The van der Waals surface area contributed by atoms with Crippen LogP contribution < -0.4 is 5.32 Å². The fraction of sp³-hybridized carbons (Fsp3) is 0.889. The van der Waals surface area contributed by atoms with E-state index in [1.807, 2.05) is 0 Å². The van der Waals surface area contributed by atoms with E-state index in [0.29, 0.717) is 18.1 Å². The lowest BCUT2D eigenvalue weighted by Crippen LogP contribution is -2.41. The third-order valence-corrected chi connectivity index (χ3v) is 4.61. The second kappa shape index (κ2) is 7.75. The smallest absolute Gasteiger partial charge is 0.0813 e. The zero-order valence-electron chi connectivity index (χ0n) is 14.2. The van der Waals surface area contributed by atoms with Crippen LogP contribution in [0, 0.1) is 11.8 Å². The largest absolute Gasteiger partial charge is 0.378 e. The number of hydrogen-bond acceptors (Lipinski definition) is 3. The predicted molar refractivity (Wildman–Crippen MR) is 87.5 cm³/mol. The lowest BCUT2D eigenvalue weighted by molar-refractivity contribution is -0.0273. The van der Waals surface area contributed by atoms with E-state index in [2.05, 4.69) is 45.2 Å². The molecule has 0 aromatic rings. The number of ether oxygens (including phenoxy) is 2. The van der Waals surface area contributed by atoms with Gasteiger partial charge in [-0.25, -0.2) is 0 Å². The van der Waals surface area contributed by atoms with Crippen LogP contribution in [-0.4, -0.2) is 37.5 Å². The molecule has 0 aromatic carbocycles.